The maximum Gasteiger partial charge on any atom is 0.276 e. The predicted molar refractivity (Wildman–Crippen MR) is 73.1 cm³/mol. The summed E-state index contributed by atoms with van der Waals surface area (Å²) in [6.45, 7) is 4.84. The molecule has 0 spiro atoms. The smallest absolute Gasteiger partial charge is 0.276 e. The minimum absolute atomic E-state index is 0.0163. The van der Waals surface area contributed by atoms with Crippen molar-refractivity contribution in [2.24, 2.45) is 5.92 Å². The number of nitrogens with zero attached hydrogens (tertiary/aromatic N) is 4. The van der Waals surface area contributed by atoms with Gasteiger partial charge < -0.3 is 10.2 Å². The third-order valence-electron chi connectivity index (χ3n) is 2.68. The van der Waals surface area contributed by atoms with E-state index in [0.29, 0.717) is 24.7 Å². The minimum atomic E-state index is -0.451. The van der Waals surface area contributed by atoms with Gasteiger partial charge >= 0.3 is 0 Å². The molecule has 1 rings (SSSR count). The van der Waals surface area contributed by atoms with Crippen molar-refractivity contribution in [2.45, 2.75) is 13.8 Å². The van der Waals surface area contributed by atoms with Crippen molar-refractivity contribution in [1.82, 2.24) is 4.98 Å². The van der Waals surface area contributed by atoms with E-state index in [4.69, 9.17) is 5.26 Å². The van der Waals surface area contributed by atoms with E-state index in [0.717, 1.165) is 0 Å². The Kier molecular flexibility index (Phi) is 5.06. The van der Waals surface area contributed by atoms with Crippen LogP contribution in [0.5, 0.6) is 0 Å². The average molecular weight is 263 g/mol. The molecular formula is C12H17N5O2. The summed E-state index contributed by atoms with van der Waals surface area (Å²) in [5.41, 5.74) is -0.0163. The maximum absolute atomic E-state index is 10.9. The average Bonchev–Trinajstić information content (AvgIpc) is 2.43. The van der Waals surface area contributed by atoms with Gasteiger partial charge in [0.15, 0.2) is 0 Å². The third-order valence-corrected chi connectivity index (χ3v) is 2.68. The molecule has 1 unspecified atom stereocenters. The second kappa shape index (κ2) is 6.54. The zero-order chi connectivity index (χ0) is 14.4. The van der Waals surface area contributed by atoms with Crippen molar-refractivity contribution in [3.05, 3.63) is 22.2 Å². The lowest BCUT2D eigenvalue weighted by atomic mass is 10.2. The third kappa shape index (κ3) is 3.81. The Labute approximate surface area is 112 Å². The number of rotatable bonds is 6. The molecule has 0 radical (unpaired) electrons. The summed E-state index contributed by atoms with van der Waals surface area (Å²) >= 11 is 0. The number of hydrogen-bond acceptors (Lipinski definition) is 6. The summed E-state index contributed by atoms with van der Waals surface area (Å²) in [7, 11) is 1.66. The number of hydrogen-bond donors (Lipinski definition) is 1. The molecule has 1 aromatic heterocycles. The van der Waals surface area contributed by atoms with Gasteiger partial charge in [-0.15, -0.1) is 0 Å². The van der Waals surface area contributed by atoms with Crippen LogP contribution in [0.25, 0.3) is 0 Å². The Balaban J connectivity index is 3.12. The number of nitro groups is 1. The Bertz CT molecular complexity index is 497. The molecule has 0 aliphatic carbocycles. The van der Waals surface area contributed by atoms with Gasteiger partial charge in [0.1, 0.15) is 11.6 Å². The fourth-order valence-electron chi connectivity index (χ4n) is 1.65. The quantitative estimate of drug-likeness (QED) is 0.623. The van der Waals surface area contributed by atoms with Crippen molar-refractivity contribution in [1.29, 1.82) is 5.26 Å². The molecule has 0 aromatic carbocycles. The molecule has 0 amide bonds. The van der Waals surface area contributed by atoms with Crippen molar-refractivity contribution < 1.29 is 4.92 Å². The van der Waals surface area contributed by atoms with Gasteiger partial charge in [-0.05, 0) is 13.8 Å². The molecule has 0 bridgehead atoms. The Morgan fingerprint density at radius 1 is 1.63 bits per heavy atom. The van der Waals surface area contributed by atoms with E-state index in [1.165, 1.54) is 12.1 Å². The van der Waals surface area contributed by atoms with Crippen LogP contribution in [0.3, 0.4) is 0 Å². The first kappa shape index (κ1) is 14.7. The highest BCUT2D eigenvalue weighted by atomic mass is 16.6. The minimum Gasteiger partial charge on any atom is -0.373 e. The number of nitrogens with one attached hydrogen (secondary N) is 1. The molecule has 102 valence electrons. The van der Waals surface area contributed by atoms with E-state index < -0.39 is 4.92 Å². The van der Waals surface area contributed by atoms with Gasteiger partial charge in [0.25, 0.3) is 5.69 Å². The summed E-state index contributed by atoms with van der Waals surface area (Å²) in [5, 5.41) is 22.5. The summed E-state index contributed by atoms with van der Waals surface area (Å²) in [6, 6.07) is 4.95. The van der Waals surface area contributed by atoms with E-state index in [1.54, 1.807) is 14.0 Å². The fourth-order valence-corrected chi connectivity index (χ4v) is 1.65. The van der Waals surface area contributed by atoms with E-state index in [2.05, 4.69) is 16.4 Å². The van der Waals surface area contributed by atoms with Crippen molar-refractivity contribution >= 4 is 17.3 Å². The SMILES string of the molecule is CCN(CC(C)C#N)c1cc([N+](=O)[O-])cc(NC)n1. The van der Waals surface area contributed by atoms with Crippen LogP contribution in [0.4, 0.5) is 17.3 Å². The lowest BCUT2D eigenvalue weighted by molar-refractivity contribution is -0.384. The molecule has 7 heteroatoms. The molecule has 1 atom stereocenters. The molecule has 1 heterocycles. The van der Waals surface area contributed by atoms with Crippen LogP contribution in [0.2, 0.25) is 0 Å². The Hall–Kier alpha value is -2.36. The normalized spacial score (nSPS) is 11.5. The standard InChI is InChI=1S/C12H17N5O2/c1-4-16(8-9(2)7-13)12-6-10(17(18)19)5-11(14-3)15-12/h5-6,9H,4,8H2,1-3H3,(H,14,15). The lowest BCUT2D eigenvalue weighted by Gasteiger charge is -2.23. The number of aromatic nitrogens is 1. The van der Waals surface area contributed by atoms with Crippen LogP contribution in [0, 0.1) is 27.4 Å². The van der Waals surface area contributed by atoms with Crippen molar-refractivity contribution in [3.8, 4) is 6.07 Å². The first-order chi connectivity index (χ1) is 9.01. The summed E-state index contributed by atoms with van der Waals surface area (Å²) < 4.78 is 0. The van der Waals surface area contributed by atoms with Crippen LogP contribution in [0.1, 0.15) is 13.8 Å². The number of nitriles is 1. The highest BCUT2D eigenvalue weighted by Gasteiger charge is 2.16. The van der Waals surface area contributed by atoms with Gasteiger partial charge in [0.2, 0.25) is 0 Å². The van der Waals surface area contributed by atoms with Gasteiger partial charge in [0.05, 0.1) is 29.0 Å². The molecule has 0 aliphatic rings. The van der Waals surface area contributed by atoms with E-state index in [1.807, 2.05) is 11.8 Å². The molecular weight excluding hydrogens is 246 g/mol. The van der Waals surface area contributed by atoms with Crippen molar-refractivity contribution in [3.63, 3.8) is 0 Å². The predicted octanol–water partition coefficient (Wildman–Crippen LogP) is 2.02. The molecule has 1 N–H and O–H groups in total. The molecule has 0 saturated carbocycles. The van der Waals surface area contributed by atoms with Gasteiger partial charge in [-0.3, -0.25) is 10.1 Å². The topological polar surface area (TPSA) is 95.1 Å². The summed E-state index contributed by atoms with van der Waals surface area (Å²) in [6.07, 6.45) is 0. The van der Waals surface area contributed by atoms with E-state index in [9.17, 15) is 10.1 Å². The molecule has 1 aromatic rings. The Morgan fingerprint density at radius 2 is 2.32 bits per heavy atom. The first-order valence-electron chi connectivity index (χ1n) is 6.00. The highest BCUT2D eigenvalue weighted by Crippen LogP contribution is 2.23. The molecule has 0 saturated heterocycles. The number of anilines is 2. The van der Waals surface area contributed by atoms with Crippen LogP contribution >= 0.6 is 0 Å². The maximum atomic E-state index is 10.9. The highest BCUT2D eigenvalue weighted by molar-refractivity contribution is 5.55. The zero-order valence-corrected chi connectivity index (χ0v) is 11.3. The molecule has 19 heavy (non-hydrogen) atoms. The summed E-state index contributed by atoms with van der Waals surface area (Å²) in [5.74, 6) is 0.773. The van der Waals surface area contributed by atoms with Crippen molar-refractivity contribution in [2.75, 3.05) is 30.4 Å². The first-order valence-corrected chi connectivity index (χ1v) is 6.00. The van der Waals surface area contributed by atoms with E-state index in [-0.39, 0.29) is 11.6 Å². The fraction of sp³-hybridized carbons (Fsp3) is 0.500. The Morgan fingerprint density at radius 3 is 2.79 bits per heavy atom. The van der Waals surface area contributed by atoms with Crippen LogP contribution in [0.15, 0.2) is 12.1 Å². The molecule has 0 fully saturated rings. The zero-order valence-electron chi connectivity index (χ0n) is 11.3. The molecule has 0 aliphatic heterocycles. The van der Waals surface area contributed by atoms with Crippen LogP contribution < -0.4 is 10.2 Å². The van der Waals surface area contributed by atoms with Gasteiger partial charge in [-0.2, -0.15) is 5.26 Å². The second-order valence-electron chi connectivity index (χ2n) is 4.14. The van der Waals surface area contributed by atoms with E-state index >= 15 is 0 Å². The lowest BCUT2D eigenvalue weighted by Crippen LogP contribution is -2.28. The second-order valence-corrected chi connectivity index (χ2v) is 4.14. The summed E-state index contributed by atoms with van der Waals surface area (Å²) in [4.78, 5) is 16.6. The van der Waals surface area contributed by atoms with Gasteiger partial charge in [-0.25, -0.2) is 4.98 Å². The number of pyridine rings is 1. The molecule has 7 nitrogen and oxygen atoms in total. The van der Waals surface area contributed by atoms with Gasteiger partial charge in [0, 0.05) is 20.1 Å². The monoisotopic (exact) mass is 263 g/mol. The van der Waals surface area contributed by atoms with Gasteiger partial charge in [-0.1, -0.05) is 0 Å². The van der Waals surface area contributed by atoms with Crippen LogP contribution in [-0.2, 0) is 0 Å². The van der Waals surface area contributed by atoms with Crippen LogP contribution in [-0.4, -0.2) is 30.0 Å². The largest absolute Gasteiger partial charge is 0.373 e.